The molecule has 1 fully saturated rings. The highest BCUT2D eigenvalue weighted by Crippen LogP contribution is 2.40. The Morgan fingerprint density at radius 2 is 1.94 bits per heavy atom. The van der Waals surface area contributed by atoms with Crippen molar-refractivity contribution in [2.45, 2.75) is 26.8 Å². The fraction of sp³-hybridized carbons (Fsp3) is 0.500. The summed E-state index contributed by atoms with van der Waals surface area (Å²) in [6, 6.07) is 6.17. The molecule has 1 atom stereocenters. The van der Waals surface area contributed by atoms with Gasteiger partial charge in [-0.1, -0.05) is 12.1 Å². The van der Waals surface area contributed by atoms with Gasteiger partial charge in [0.2, 0.25) is 0 Å². The van der Waals surface area contributed by atoms with Gasteiger partial charge in [-0.15, -0.1) is 0 Å². The van der Waals surface area contributed by atoms with Crippen molar-refractivity contribution in [1.82, 2.24) is 0 Å². The van der Waals surface area contributed by atoms with Crippen LogP contribution in [0.1, 0.15) is 28.3 Å². The molecule has 90 valence electrons. The average Bonchev–Trinajstić information content (AvgIpc) is 2.25. The maximum Gasteiger partial charge on any atom is 0.123 e. The highest BCUT2D eigenvalue weighted by Gasteiger charge is 2.45. The van der Waals surface area contributed by atoms with Gasteiger partial charge in [-0.2, -0.15) is 5.26 Å². The molecule has 17 heavy (non-hydrogen) atoms. The number of nitrogens with zero attached hydrogens (tertiary/aromatic N) is 1. The van der Waals surface area contributed by atoms with Crippen LogP contribution < -0.4 is 5.73 Å². The van der Waals surface area contributed by atoms with Crippen molar-refractivity contribution in [3.05, 3.63) is 34.4 Å². The highest BCUT2D eigenvalue weighted by molar-refractivity contribution is 5.42. The molecule has 1 unspecified atom stereocenters. The molecule has 1 aromatic carbocycles. The summed E-state index contributed by atoms with van der Waals surface area (Å²) in [5.41, 5.74) is 10.5. The Hall–Kier alpha value is -1.37. The van der Waals surface area contributed by atoms with Crippen LogP contribution in [0.3, 0.4) is 0 Å². The maximum absolute atomic E-state index is 9.27. The maximum atomic E-state index is 9.27. The summed E-state index contributed by atoms with van der Waals surface area (Å²) in [6.07, 6.45) is 0. The van der Waals surface area contributed by atoms with E-state index >= 15 is 0 Å². The summed E-state index contributed by atoms with van der Waals surface area (Å²) in [5, 5.41) is 9.27. The van der Waals surface area contributed by atoms with Gasteiger partial charge in [0.05, 0.1) is 25.3 Å². The third-order valence-corrected chi connectivity index (χ3v) is 3.97. The van der Waals surface area contributed by atoms with Crippen molar-refractivity contribution >= 4 is 0 Å². The number of nitrogens with two attached hydrogens (primary N) is 1. The summed E-state index contributed by atoms with van der Waals surface area (Å²) in [6.45, 7) is 7.14. The van der Waals surface area contributed by atoms with Gasteiger partial charge in [0.15, 0.2) is 0 Å². The van der Waals surface area contributed by atoms with Crippen LogP contribution in [0.4, 0.5) is 0 Å². The standard InChI is InChI=1S/C14H18N2O/c1-9-4-5-12(11(3)10(9)2)13(16)14(6-15)7-17-8-14/h4-5,13H,7-8,16H2,1-3H3. The summed E-state index contributed by atoms with van der Waals surface area (Å²) < 4.78 is 5.16. The molecule has 0 radical (unpaired) electrons. The first kappa shape index (κ1) is 12.1. The van der Waals surface area contributed by atoms with Crippen molar-refractivity contribution in [3.8, 4) is 6.07 Å². The Kier molecular flexibility index (Phi) is 2.94. The number of aryl methyl sites for hydroxylation is 1. The number of ether oxygens (including phenoxy) is 1. The molecule has 2 N–H and O–H groups in total. The van der Waals surface area contributed by atoms with E-state index in [0.717, 1.165) is 5.56 Å². The molecule has 0 spiro atoms. The SMILES string of the molecule is Cc1ccc(C(N)C2(C#N)COC2)c(C)c1C. The monoisotopic (exact) mass is 230 g/mol. The second-order valence-corrected chi connectivity index (χ2v) is 4.96. The molecule has 1 aromatic rings. The molecule has 3 heteroatoms. The lowest BCUT2D eigenvalue weighted by Crippen LogP contribution is -2.49. The van der Waals surface area contributed by atoms with E-state index in [1.165, 1.54) is 16.7 Å². The van der Waals surface area contributed by atoms with Crippen molar-refractivity contribution in [2.24, 2.45) is 11.1 Å². The normalized spacial score (nSPS) is 19.2. The van der Waals surface area contributed by atoms with Gasteiger partial charge in [-0.3, -0.25) is 0 Å². The first-order chi connectivity index (χ1) is 8.02. The third kappa shape index (κ3) is 1.74. The molecule has 3 nitrogen and oxygen atoms in total. The molecule has 1 heterocycles. The predicted octanol–water partition coefficient (Wildman–Crippen LogP) is 2.15. The topological polar surface area (TPSA) is 59.0 Å². The minimum absolute atomic E-state index is 0.263. The summed E-state index contributed by atoms with van der Waals surface area (Å²) in [5.74, 6) is 0. The van der Waals surface area contributed by atoms with E-state index < -0.39 is 5.41 Å². The lowest BCUT2D eigenvalue weighted by Gasteiger charge is -2.40. The van der Waals surface area contributed by atoms with Gasteiger partial charge in [-0.25, -0.2) is 0 Å². The van der Waals surface area contributed by atoms with Gasteiger partial charge >= 0.3 is 0 Å². The highest BCUT2D eigenvalue weighted by atomic mass is 16.5. The van der Waals surface area contributed by atoms with Crippen molar-refractivity contribution in [1.29, 1.82) is 5.26 Å². The molecule has 1 aliphatic rings. The Bertz CT molecular complexity index is 484. The van der Waals surface area contributed by atoms with Crippen LogP contribution in [-0.4, -0.2) is 13.2 Å². The fourth-order valence-electron chi connectivity index (χ4n) is 2.25. The first-order valence-electron chi connectivity index (χ1n) is 5.83. The lowest BCUT2D eigenvalue weighted by molar-refractivity contribution is -0.0911. The molecule has 2 rings (SSSR count). The Morgan fingerprint density at radius 1 is 1.29 bits per heavy atom. The van der Waals surface area contributed by atoms with E-state index in [0.29, 0.717) is 13.2 Å². The van der Waals surface area contributed by atoms with E-state index in [4.69, 9.17) is 10.5 Å². The van der Waals surface area contributed by atoms with Gasteiger partial charge in [0.1, 0.15) is 5.41 Å². The van der Waals surface area contributed by atoms with Crippen LogP contribution in [0.15, 0.2) is 12.1 Å². The van der Waals surface area contributed by atoms with Crippen molar-refractivity contribution in [2.75, 3.05) is 13.2 Å². The minimum Gasteiger partial charge on any atom is -0.378 e. The van der Waals surface area contributed by atoms with Crippen LogP contribution in [-0.2, 0) is 4.74 Å². The molecule has 0 aliphatic carbocycles. The van der Waals surface area contributed by atoms with Crippen LogP contribution >= 0.6 is 0 Å². The largest absolute Gasteiger partial charge is 0.378 e. The molecule has 0 bridgehead atoms. The quantitative estimate of drug-likeness (QED) is 0.846. The van der Waals surface area contributed by atoms with E-state index in [1.54, 1.807) is 0 Å². The van der Waals surface area contributed by atoms with E-state index in [2.05, 4.69) is 32.9 Å². The van der Waals surface area contributed by atoms with Gasteiger partial charge in [-0.05, 0) is 43.0 Å². The summed E-state index contributed by atoms with van der Waals surface area (Å²) in [7, 11) is 0. The van der Waals surface area contributed by atoms with Crippen LogP contribution in [0.2, 0.25) is 0 Å². The molecule has 1 aliphatic heterocycles. The third-order valence-electron chi connectivity index (χ3n) is 3.97. The van der Waals surface area contributed by atoms with Gasteiger partial charge in [0.25, 0.3) is 0 Å². The van der Waals surface area contributed by atoms with E-state index in [1.807, 2.05) is 6.07 Å². The molecule has 0 amide bonds. The number of benzene rings is 1. The Balaban J connectivity index is 2.42. The number of hydrogen-bond acceptors (Lipinski definition) is 3. The Morgan fingerprint density at radius 3 is 2.41 bits per heavy atom. The van der Waals surface area contributed by atoms with E-state index in [9.17, 15) is 5.26 Å². The van der Waals surface area contributed by atoms with Gasteiger partial charge < -0.3 is 10.5 Å². The smallest absolute Gasteiger partial charge is 0.123 e. The van der Waals surface area contributed by atoms with Crippen LogP contribution in [0.25, 0.3) is 0 Å². The number of hydrogen-bond donors (Lipinski definition) is 1. The fourth-order valence-corrected chi connectivity index (χ4v) is 2.25. The minimum atomic E-state index is -0.535. The van der Waals surface area contributed by atoms with E-state index in [-0.39, 0.29) is 6.04 Å². The number of nitriles is 1. The Labute approximate surface area is 102 Å². The zero-order chi connectivity index (χ0) is 12.6. The molecular formula is C14H18N2O. The lowest BCUT2D eigenvalue weighted by atomic mass is 9.75. The van der Waals surface area contributed by atoms with Crippen LogP contribution in [0.5, 0.6) is 0 Å². The number of rotatable bonds is 2. The average molecular weight is 230 g/mol. The second kappa shape index (κ2) is 4.14. The molecule has 0 aromatic heterocycles. The molecule has 0 saturated carbocycles. The first-order valence-corrected chi connectivity index (χ1v) is 5.83. The zero-order valence-corrected chi connectivity index (χ0v) is 10.6. The second-order valence-electron chi connectivity index (χ2n) is 4.96. The molecular weight excluding hydrogens is 212 g/mol. The van der Waals surface area contributed by atoms with Crippen LogP contribution in [0, 0.1) is 37.5 Å². The summed E-state index contributed by atoms with van der Waals surface area (Å²) in [4.78, 5) is 0. The summed E-state index contributed by atoms with van der Waals surface area (Å²) >= 11 is 0. The zero-order valence-electron chi connectivity index (χ0n) is 10.6. The van der Waals surface area contributed by atoms with Gasteiger partial charge in [0, 0.05) is 0 Å². The van der Waals surface area contributed by atoms with Crippen molar-refractivity contribution < 1.29 is 4.74 Å². The predicted molar refractivity (Wildman–Crippen MR) is 66.4 cm³/mol. The molecule has 1 saturated heterocycles. The van der Waals surface area contributed by atoms with Crippen molar-refractivity contribution in [3.63, 3.8) is 0 Å².